The van der Waals surface area contributed by atoms with Gasteiger partial charge in [0.25, 0.3) is 0 Å². The smallest absolute Gasteiger partial charge is 0.244 e. The number of aryl methyl sites for hydroxylation is 1. The normalized spacial score (nSPS) is 18.6. The van der Waals surface area contributed by atoms with E-state index in [2.05, 4.69) is 6.92 Å². The molecular weight excluding hydrogens is 276 g/mol. The van der Waals surface area contributed by atoms with Gasteiger partial charge in [-0.25, -0.2) is 8.42 Å². The molecule has 1 aromatic heterocycles. The van der Waals surface area contributed by atoms with E-state index in [1.165, 1.54) is 6.42 Å². The number of rotatable bonds is 5. The average molecular weight is 300 g/mol. The van der Waals surface area contributed by atoms with Crippen LogP contribution in [0.2, 0.25) is 0 Å². The number of aromatic nitrogens is 1. The first-order valence-electron chi connectivity index (χ1n) is 7.25. The Morgan fingerprint density at radius 2 is 2.00 bits per heavy atom. The molecule has 0 atom stereocenters. The zero-order valence-corrected chi connectivity index (χ0v) is 13.1. The van der Waals surface area contributed by atoms with Crippen LogP contribution < -0.4 is 0 Å². The van der Waals surface area contributed by atoms with Gasteiger partial charge in [0.15, 0.2) is 0 Å². The average Bonchev–Trinajstić information content (AvgIpc) is 2.82. The van der Waals surface area contributed by atoms with Crippen molar-refractivity contribution in [2.24, 2.45) is 13.0 Å². The Balaban J connectivity index is 2.11. The molecule has 0 amide bonds. The van der Waals surface area contributed by atoms with Crippen LogP contribution in [-0.4, -0.2) is 35.5 Å². The van der Waals surface area contributed by atoms with E-state index < -0.39 is 10.0 Å². The zero-order chi connectivity index (χ0) is 14.8. The highest BCUT2D eigenvalue weighted by Crippen LogP contribution is 2.27. The van der Waals surface area contributed by atoms with Crippen molar-refractivity contribution in [1.82, 2.24) is 8.87 Å². The van der Waals surface area contributed by atoms with Gasteiger partial charge in [-0.1, -0.05) is 19.8 Å². The standard InChI is InChI=1S/C14H24N2O3S/c1-3-4-12-5-7-16(8-6-12)20(18,19)14-9-13(11-17)15(2)10-14/h9-10,12,17H,3-8,11H2,1-2H3. The molecule has 0 radical (unpaired) electrons. The molecule has 0 aliphatic carbocycles. The number of aliphatic hydroxyl groups is 1. The summed E-state index contributed by atoms with van der Waals surface area (Å²) in [5.41, 5.74) is 0.615. The lowest BCUT2D eigenvalue weighted by atomic mass is 9.94. The van der Waals surface area contributed by atoms with Gasteiger partial charge < -0.3 is 9.67 Å². The summed E-state index contributed by atoms with van der Waals surface area (Å²) in [6.45, 7) is 3.24. The van der Waals surface area contributed by atoms with Gasteiger partial charge >= 0.3 is 0 Å². The number of sulfonamides is 1. The van der Waals surface area contributed by atoms with E-state index >= 15 is 0 Å². The topological polar surface area (TPSA) is 62.5 Å². The summed E-state index contributed by atoms with van der Waals surface area (Å²) >= 11 is 0. The van der Waals surface area contributed by atoms with Crippen LogP contribution in [0.4, 0.5) is 0 Å². The second-order valence-corrected chi connectivity index (χ2v) is 7.51. The molecule has 6 heteroatoms. The molecule has 2 rings (SSSR count). The first-order chi connectivity index (χ1) is 9.48. The van der Waals surface area contributed by atoms with Crippen molar-refractivity contribution in [3.63, 3.8) is 0 Å². The molecule has 0 unspecified atom stereocenters. The summed E-state index contributed by atoms with van der Waals surface area (Å²) in [7, 11) is -1.66. The summed E-state index contributed by atoms with van der Waals surface area (Å²) in [4.78, 5) is 0.290. The lowest BCUT2D eigenvalue weighted by Gasteiger charge is -2.30. The lowest BCUT2D eigenvalue weighted by Crippen LogP contribution is -2.38. The molecule has 1 aromatic rings. The van der Waals surface area contributed by atoms with Crippen molar-refractivity contribution in [3.8, 4) is 0 Å². The van der Waals surface area contributed by atoms with Crippen molar-refractivity contribution >= 4 is 10.0 Å². The first-order valence-corrected chi connectivity index (χ1v) is 8.69. The van der Waals surface area contributed by atoms with Gasteiger partial charge in [-0.3, -0.25) is 0 Å². The molecule has 0 saturated carbocycles. The third kappa shape index (κ3) is 3.07. The molecule has 0 bridgehead atoms. The second-order valence-electron chi connectivity index (χ2n) is 5.57. The predicted molar refractivity (Wildman–Crippen MR) is 77.7 cm³/mol. The number of nitrogens with zero attached hydrogens (tertiary/aromatic N) is 2. The molecule has 114 valence electrons. The maximum absolute atomic E-state index is 12.6. The van der Waals surface area contributed by atoms with E-state index in [9.17, 15) is 13.5 Å². The molecule has 2 heterocycles. The first kappa shape index (κ1) is 15.5. The van der Waals surface area contributed by atoms with Crippen molar-refractivity contribution < 1.29 is 13.5 Å². The fourth-order valence-corrected chi connectivity index (χ4v) is 4.44. The number of hydrogen-bond donors (Lipinski definition) is 1. The quantitative estimate of drug-likeness (QED) is 0.900. The van der Waals surface area contributed by atoms with Crippen molar-refractivity contribution in [3.05, 3.63) is 18.0 Å². The van der Waals surface area contributed by atoms with Gasteiger partial charge in [0.1, 0.15) is 4.90 Å². The number of piperidine rings is 1. The Labute approximate surface area is 121 Å². The van der Waals surface area contributed by atoms with Gasteiger partial charge in [-0.2, -0.15) is 4.31 Å². The Kier molecular flexibility index (Phi) is 4.88. The molecule has 5 nitrogen and oxygen atoms in total. The highest BCUT2D eigenvalue weighted by molar-refractivity contribution is 7.89. The van der Waals surface area contributed by atoms with Crippen LogP contribution in [-0.2, 0) is 23.7 Å². The van der Waals surface area contributed by atoms with Gasteiger partial charge in [-0.15, -0.1) is 0 Å². The summed E-state index contributed by atoms with van der Waals surface area (Å²) in [6.07, 6.45) is 5.84. The zero-order valence-electron chi connectivity index (χ0n) is 12.2. The van der Waals surface area contributed by atoms with E-state index in [0.29, 0.717) is 24.7 Å². The maximum atomic E-state index is 12.6. The van der Waals surface area contributed by atoms with Crippen LogP contribution in [0.1, 0.15) is 38.3 Å². The Morgan fingerprint density at radius 3 is 2.50 bits per heavy atom. The highest BCUT2D eigenvalue weighted by atomic mass is 32.2. The van der Waals surface area contributed by atoms with E-state index in [1.54, 1.807) is 28.2 Å². The van der Waals surface area contributed by atoms with Crippen molar-refractivity contribution in [2.75, 3.05) is 13.1 Å². The fraction of sp³-hybridized carbons (Fsp3) is 0.714. The Bertz CT molecular complexity index is 543. The molecule has 20 heavy (non-hydrogen) atoms. The van der Waals surface area contributed by atoms with Crippen molar-refractivity contribution in [2.45, 2.75) is 44.1 Å². The third-order valence-corrected chi connectivity index (χ3v) is 6.02. The van der Waals surface area contributed by atoms with Gasteiger partial charge in [0.2, 0.25) is 10.0 Å². The minimum Gasteiger partial charge on any atom is -0.390 e. The summed E-state index contributed by atoms with van der Waals surface area (Å²) < 4.78 is 28.4. The summed E-state index contributed by atoms with van der Waals surface area (Å²) in [6, 6.07) is 1.56. The third-order valence-electron chi connectivity index (χ3n) is 4.15. The Hall–Kier alpha value is -0.850. The van der Waals surface area contributed by atoms with Crippen molar-refractivity contribution in [1.29, 1.82) is 0 Å². The molecule has 1 fully saturated rings. The number of hydrogen-bond acceptors (Lipinski definition) is 3. The predicted octanol–water partition coefficient (Wildman–Crippen LogP) is 1.72. The van der Waals surface area contributed by atoms with E-state index in [-0.39, 0.29) is 11.5 Å². The van der Waals surface area contributed by atoms with Gasteiger partial charge in [0, 0.05) is 32.0 Å². The van der Waals surface area contributed by atoms with Crippen LogP contribution in [0.5, 0.6) is 0 Å². The van der Waals surface area contributed by atoms with E-state index in [0.717, 1.165) is 19.3 Å². The molecule has 1 N–H and O–H groups in total. The highest BCUT2D eigenvalue weighted by Gasteiger charge is 2.30. The largest absolute Gasteiger partial charge is 0.390 e. The maximum Gasteiger partial charge on any atom is 0.244 e. The Morgan fingerprint density at radius 1 is 1.35 bits per heavy atom. The molecular formula is C14H24N2O3S. The molecule has 0 spiro atoms. The molecule has 1 saturated heterocycles. The fourth-order valence-electron chi connectivity index (χ4n) is 2.87. The van der Waals surface area contributed by atoms with Crippen LogP contribution in [0.25, 0.3) is 0 Å². The van der Waals surface area contributed by atoms with Gasteiger partial charge in [-0.05, 0) is 24.8 Å². The van der Waals surface area contributed by atoms with Gasteiger partial charge in [0.05, 0.1) is 6.61 Å². The minimum atomic E-state index is -3.41. The number of aliphatic hydroxyl groups excluding tert-OH is 1. The van der Waals surface area contributed by atoms with Crippen LogP contribution in [0.3, 0.4) is 0 Å². The minimum absolute atomic E-state index is 0.148. The lowest BCUT2D eigenvalue weighted by molar-refractivity contribution is 0.262. The van der Waals surface area contributed by atoms with Crippen LogP contribution in [0, 0.1) is 5.92 Å². The van der Waals surface area contributed by atoms with Crippen LogP contribution in [0.15, 0.2) is 17.2 Å². The van der Waals surface area contributed by atoms with E-state index in [4.69, 9.17) is 0 Å². The molecule has 0 aromatic carbocycles. The monoisotopic (exact) mass is 300 g/mol. The molecule has 1 aliphatic rings. The second kappa shape index (κ2) is 6.28. The van der Waals surface area contributed by atoms with E-state index in [1.807, 2.05) is 0 Å². The molecule has 1 aliphatic heterocycles. The SMILES string of the molecule is CCCC1CCN(S(=O)(=O)c2cc(CO)n(C)c2)CC1. The summed E-state index contributed by atoms with van der Waals surface area (Å²) in [5.74, 6) is 0.662. The summed E-state index contributed by atoms with van der Waals surface area (Å²) in [5, 5.41) is 9.17. The van der Waals surface area contributed by atoms with Crippen LogP contribution >= 0.6 is 0 Å².